The number of hydrogen-bond donors (Lipinski definition) is 5. The average molecular weight is 943 g/mol. The summed E-state index contributed by atoms with van der Waals surface area (Å²) in [7, 11) is 4.56. The molecule has 0 bridgehead atoms. The summed E-state index contributed by atoms with van der Waals surface area (Å²) in [5, 5.41) is 22.9. The molecule has 5 N–H and O–H groups in total. The van der Waals surface area contributed by atoms with Crippen LogP contribution in [0.15, 0.2) is 24.3 Å². The van der Waals surface area contributed by atoms with Crippen LogP contribution in [0.2, 0.25) is 0 Å². The van der Waals surface area contributed by atoms with Gasteiger partial charge in [0.25, 0.3) is 0 Å². The Kier molecular flexibility index (Phi) is 21.7. The number of ketones is 1. The van der Waals surface area contributed by atoms with Crippen LogP contribution in [0.1, 0.15) is 113 Å². The van der Waals surface area contributed by atoms with Crippen molar-refractivity contribution >= 4 is 47.3 Å². The van der Waals surface area contributed by atoms with E-state index in [0.717, 1.165) is 0 Å². The maximum atomic E-state index is 14.7. The zero-order valence-electron chi connectivity index (χ0n) is 41.9. The summed E-state index contributed by atoms with van der Waals surface area (Å²) in [4.78, 5) is 116. The first-order chi connectivity index (χ1) is 31.4. The van der Waals surface area contributed by atoms with Crippen molar-refractivity contribution in [2.45, 2.75) is 169 Å². The van der Waals surface area contributed by atoms with Crippen LogP contribution in [-0.4, -0.2) is 144 Å². The predicted octanol–water partition coefficient (Wildman–Crippen LogP) is 2.71. The minimum absolute atomic E-state index is 0.0500. The lowest BCUT2D eigenvalue weighted by atomic mass is 9.91. The van der Waals surface area contributed by atoms with Crippen molar-refractivity contribution in [3.05, 3.63) is 29.8 Å². The van der Waals surface area contributed by atoms with Gasteiger partial charge in [-0.05, 0) is 87.9 Å². The Morgan fingerprint density at radius 1 is 0.910 bits per heavy atom. The number of amides is 5. The van der Waals surface area contributed by atoms with E-state index in [2.05, 4.69) is 21.3 Å². The smallest absolute Gasteiger partial charge is 0.329 e. The number of esters is 2. The topological polar surface area (TPSA) is 239 Å². The van der Waals surface area contributed by atoms with Crippen molar-refractivity contribution < 1.29 is 57.7 Å². The number of aliphatic hydroxyl groups is 1. The molecule has 0 aliphatic carbocycles. The highest BCUT2D eigenvalue weighted by Gasteiger charge is 2.44. The molecule has 2 aliphatic heterocycles. The van der Waals surface area contributed by atoms with E-state index >= 15 is 0 Å². The van der Waals surface area contributed by atoms with Gasteiger partial charge in [-0.2, -0.15) is 0 Å². The van der Waals surface area contributed by atoms with Gasteiger partial charge in [-0.15, -0.1) is 0 Å². The molecule has 2 unspecified atom stereocenters. The number of carbonyl (C=O) groups is 8. The molecule has 1 aromatic carbocycles. The second-order valence-electron chi connectivity index (χ2n) is 19.5. The molecule has 0 radical (unpaired) electrons. The van der Waals surface area contributed by atoms with Crippen LogP contribution < -0.4 is 26.0 Å². The summed E-state index contributed by atoms with van der Waals surface area (Å²) < 4.78 is 17.1. The third-order valence-electron chi connectivity index (χ3n) is 12.9. The van der Waals surface area contributed by atoms with Gasteiger partial charge >= 0.3 is 11.9 Å². The summed E-state index contributed by atoms with van der Waals surface area (Å²) in [5.74, 6) is -7.71. The first-order valence-electron chi connectivity index (χ1n) is 23.9. The van der Waals surface area contributed by atoms with E-state index in [1.165, 1.54) is 37.8 Å². The van der Waals surface area contributed by atoms with E-state index in [-0.39, 0.29) is 37.6 Å². The van der Waals surface area contributed by atoms with Crippen molar-refractivity contribution in [3.63, 3.8) is 0 Å². The van der Waals surface area contributed by atoms with Crippen LogP contribution in [0, 0.1) is 29.6 Å². The monoisotopic (exact) mass is 943 g/mol. The number of benzene rings is 1. The SMILES string of the molecule is CC[C@H](C)C1NC(=O)[C@@H](NC(=O)[C@@H](CC(C)C)NC)[C@@H](C)OC(=O)[C@H](Cc2ccc(OC)cc2)N(C)C(=O)C2CCCN2C(=O)[C@H](CC(C)C)NC(=O)[C@@H](C)C(=O)[C@H](C(C)C)OC(=O)C[C@@H]1O. The van der Waals surface area contributed by atoms with Crippen molar-refractivity contribution in [2.75, 3.05) is 27.7 Å². The van der Waals surface area contributed by atoms with Gasteiger partial charge in [0.2, 0.25) is 29.5 Å². The minimum Gasteiger partial charge on any atom is -0.497 e. The van der Waals surface area contributed by atoms with Crippen LogP contribution in [0.3, 0.4) is 0 Å². The number of aliphatic hydroxyl groups excluding tert-OH is 1. The summed E-state index contributed by atoms with van der Waals surface area (Å²) in [6.45, 7) is 17.4. The number of ether oxygens (including phenoxy) is 3. The van der Waals surface area contributed by atoms with Gasteiger partial charge in [-0.1, -0.05) is 73.9 Å². The molecule has 2 fully saturated rings. The van der Waals surface area contributed by atoms with E-state index in [0.29, 0.717) is 30.6 Å². The molecule has 1 aromatic rings. The summed E-state index contributed by atoms with van der Waals surface area (Å²) in [6, 6.07) is 0.0322. The van der Waals surface area contributed by atoms with E-state index in [9.17, 15) is 43.5 Å². The molecule has 2 heterocycles. The molecule has 376 valence electrons. The molecule has 2 saturated heterocycles. The van der Waals surface area contributed by atoms with Crippen LogP contribution in [0.4, 0.5) is 0 Å². The lowest BCUT2D eigenvalue weighted by Crippen LogP contribution is -2.61. The Hall–Kier alpha value is -5.10. The zero-order chi connectivity index (χ0) is 50.4. The van der Waals surface area contributed by atoms with E-state index < -0.39 is 126 Å². The van der Waals surface area contributed by atoms with Gasteiger partial charge in [-0.3, -0.25) is 33.6 Å². The van der Waals surface area contributed by atoms with Crippen molar-refractivity contribution in [3.8, 4) is 5.75 Å². The molecule has 18 nitrogen and oxygen atoms in total. The van der Waals surface area contributed by atoms with Crippen LogP contribution in [-0.2, 0) is 54.3 Å². The number of Topliss-reactive ketones (excluding diaryl/α,β-unsaturated/α-hetero) is 1. The van der Waals surface area contributed by atoms with Crippen LogP contribution >= 0.6 is 0 Å². The fourth-order valence-corrected chi connectivity index (χ4v) is 8.55. The number of hydrogen-bond acceptors (Lipinski definition) is 13. The van der Waals surface area contributed by atoms with E-state index in [1.54, 1.807) is 52.1 Å². The Labute approximate surface area is 396 Å². The number of methoxy groups -OCH3 is 1. The Morgan fingerprint density at radius 2 is 1.55 bits per heavy atom. The van der Waals surface area contributed by atoms with E-state index in [4.69, 9.17) is 14.2 Å². The molecule has 0 spiro atoms. The molecule has 0 aromatic heterocycles. The van der Waals surface area contributed by atoms with Gasteiger partial charge in [0.15, 0.2) is 11.9 Å². The Balaban J connectivity index is 2.23. The van der Waals surface area contributed by atoms with Gasteiger partial charge in [0.1, 0.15) is 36.0 Å². The highest BCUT2D eigenvalue weighted by molar-refractivity contribution is 6.05. The van der Waals surface area contributed by atoms with Gasteiger partial charge < -0.3 is 50.4 Å². The van der Waals surface area contributed by atoms with Gasteiger partial charge in [0, 0.05) is 20.0 Å². The largest absolute Gasteiger partial charge is 0.497 e. The summed E-state index contributed by atoms with van der Waals surface area (Å²) >= 11 is 0. The second-order valence-corrected chi connectivity index (χ2v) is 19.5. The maximum Gasteiger partial charge on any atom is 0.329 e. The highest BCUT2D eigenvalue weighted by Crippen LogP contribution is 2.26. The predicted molar refractivity (Wildman–Crippen MR) is 250 cm³/mol. The molecule has 5 amide bonds. The molecule has 0 saturated carbocycles. The molecule has 11 atom stereocenters. The Bertz CT molecular complexity index is 1870. The van der Waals surface area contributed by atoms with E-state index in [1.807, 2.05) is 34.6 Å². The number of carbonyl (C=O) groups excluding carboxylic acids is 8. The molecular formula is C49H78N6O12. The number of nitrogens with one attached hydrogen (secondary N) is 4. The molecule has 2 aliphatic rings. The van der Waals surface area contributed by atoms with Crippen molar-refractivity contribution in [1.82, 2.24) is 31.1 Å². The Morgan fingerprint density at radius 3 is 2.10 bits per heavy atom. The quantitative estimate of drug-likeness (QED) is 0.142. The fraction of sp³-hybridized carbons (Fsp3) is 0.714. The van der Waals surface area contributed by atoms with Crippen LogP contribution in [0.25, 0.3) is 0 Å². The number of nitrogens with zero attached hydrogens (tertiary/aromatic N) is 2. The molecule has 18 heteroatoms. The normalized spacial score (nSPS) is 27.8. The standard InChI is InChI=1S/C49H78N6O12/c1-14-29(8)40-38(56)25-39(57)67-43(28(6)7)42(58)30(9)44(59)51-35(23-27(4)5)47(62)55-21-15-16-36(55)48(63)54(12)37(24-32-17-19-33(65-13)20-18-32)49(64)66-31(10)41(46(61)52-40)53-45(60)34(50-11)22-26(2)3/h17-20,26-31,34-38,40-41,43,50,56H,14-16,21-25H2,1-13H3,(H,51,59)(H,52,61)(H,53,60)/t29-,30-,31+,34+,35-,36?,37-,38-,40?,41-,43-/m0/s1. The molecule has 67 heavy (non-hydrogen) atoms. The maximum absolute atomic E-state index is 14.7. The lowest BCUT2D eigenvalue weighted by molar-refractivity contribution is -0.163. The fourth-order valence-electron chi connectivity index (χ4n) is 8.55. The third-order valence-corrected chi connectivity index (χ3v) is 12.9. The number of fused-ring (bicyclic) bond motifs is 1. The van der Waals surface area contributed by atoms with Crippen molar-refractivity contribution in [2.24, 2.45) is 29.6 Å². The summed E-state index contributed by atoms with van der Waals surface area (Å²) in [6.07, 6.45) is -3.30. The molecule has 3 rings (SSSR count). The van der Waals surface area contributed by atoms with Gasteiger partial charge in [-0.25, -0.2) is 4.79 Å². The number of cyclic esters (lactones) is 2. The average Bonchev–Trinajstić information content (AvgIpc) is 3.77. The highest BCUT2D eigenvalue weighted by atomic mass is 16.6. The van der Waals surface area contributed by atoms with Crippen molar-refractivity contribution in [1.29, 1.82) is 0 Å². The first kappa shape index (κ1) is 56.2. The third kappa shape index (κ3) is 15.5. The first-order valence-corrected chi connectivity index (χ1v) is 23.9. The lowest BCUT2D eigenvalue weighted by Gasteiger charge is -2.35. The zero-order valence-corrected chi connectivity index (χ0v) is 41.9. The van der Waals surface area contributed by atoms with Crippen LogP contribution in [0.5, 0.6) is 5.75 Å². The summed E-state index contributed by atoms with van der Waals surface area (Å²) in [5.41, 5.74) is 0.631. The minimum atomic E-state index is -1.55. The number of likely N-dealkylation sites (N-methyl/N-ethyl adjacent to an activating group) is 2. The number of rotatable bonds is 13. The second kappa shape index (κ2) is 25.9. The van der Waals surface area contributed by atoms with Gasteiger partial charge in [0.05, 0.1) is 37.6 Å². The molecular weight excluding hydrogens is 865 g/mol.